The molecule has 1 aromatic carbocycles. The maximum absolute atomic E-state index is 11.6. The molecule has 0 spiro atoms. The molecule has 2 aliphatic rings. The molecule has 0 aromatic heterocycles. The number of hydrogen-bond acceptors (Lipinski definition) is 4. The average molecular weight is 441 g/mol. The third-order valence-electron chi connectivity index (χ3n) is 5.32. The van der Waals surface area contributed by atoms with Gasteiger partial charge in [0.1, 0.15) is 0 Å². The third kappa shape index (κ3) is 6.05. The summed E-state index contributed by atoms with van der Waals surface area (Å²) >= 11 is 6.37. The van der Waals surface area contributed by atoms with Gasteiger partial charge in [0, 0.05) is 17.6 Å². The minimum atomic E-state index is -0.634. The van der Waals surface area contributed by atoms with E-state index in [9.17, 15) is 9.90 Å². The number of ether oxygens (including phenoxy) is 2. The summed E-state index contributed by atoms with van der Waals surface area (Å²) in [6, 6.07) is 3.77. The molecular formula is C19H28Cl3NO4. The zero-order chi connectivity index (χ0) is 17.8. The van der Waals surface area contributed by atoms with Crippen LogP contribution in [0.2, 0.25) is 5.02 Å². The Morgan fingerprint density at radius 2 is 1.89 bits per heavy atom. The first-order valence-electron chi connectivity index (χ1n) is 9.11. The zero-order valence-electron chi connectivity index (χ0n) is 15.5. The van der Waals surface area contributed by atoms with Crippen LogP contribution in [0.3, 0.4) is 0 Å². The van der Waals surface area contributed by atoms with Crippen molar-refractivity contribution >= 4 is 42.4 Å². The molecule has 154 valence electrons. The molecule has 1 aromatic rings. The second-order valence-electron chi connectivity index (χ2n) is 7.00. The molecule has 8 heteroatoms. The van der Waals surface area contributed by atoms with Gasteiger partial charge in [0.25, 0.3) is 0 Å². The van der Waals surface area contributed by atoms with Gasteiger partial charge in [0.15, 0.2) is 11.5 Å². The van der Waals surface area contributed by atoms with Crippen LogP contribution in [0.15, 0.2) is 12.1 Å². The van der Waals surface area contributed by atoms with E-state index in [-0.39, 0.29) is 43.4 Å². The molecule has 0 radical (unpaired) electrons. The summed E-state index contributed by atoms with van der Waals surface area (Å²) in [7, 11) is 0. The van der Waals surface area contributed by atoms with E-state index in [0.717, 1.165) is 63.1 Å². The summed E-state index contributed by atoms with van der Waals surface area (Å²) in [5.41, 5.74) is 1.03. The normalized spacial score (nSPS) is 17.7. The highest BCUT2D eigenvalue weighted by Crippen LogP contribution is 2.38. The van der Waals surface area contributed by atoms with Crippen molar-refractivity contribution in [2.24, 2.45) is 11.8 Å². The van der Waals surface area contributed by atoms with Gasteiger partial charge in [-0.1, -0.05) is 31.4 Å². The third-order valence-corrected chi connectivity index (χ3v) is 5.67. The van der Waals surface area contributed by atoms with Crippen LogP contribution in [-0.4, -0.2) is 35.9 Å². The van der Waals surface area contributed by atoms with Gasteiger partial charge in [-0.05, 0) is 49.9 Å². The van der Waals surface area contributed by atoms with Crippen LogP contribution in [0.1, 0.15) is 44.6 Å². The Bertz CT molecular complexity index is 621. The fraction of sp³-hybridized carbons (Fsp3) is 0.632. The highest BCUT2D eigenvalue weighted by atomic mass is 35.5. The molecule has 1 saturated heterocycles. The van der Waals surface area contributed by atoms with E-state index in [2.05, 4.69) is 11.8 Å². The first-order chi connectivity index (χ1) is 12.1. The monoisotopic (exact) mass is 439 g/mol. The van der Waals surface area contributed by atoms with Crippen molar-refractivity contribution < 1.29 is 19.4 Å². The van der Waals surface area contributed by atoms with Crippen molar-refractivity contribution in [3.63, 3.8) is 0 Å². The van der Waals surface area contributed by atoms with Crippen LogP contribution in [0.4, 0.5) is 0 Å². The van der Waals surface area contributed by atoms with Crippen LogP contribution in [-0.2, 0) is 11.3 Å². The number of aliphatic carboxylic acids is 1. The molecule has 2 aliphatic heterocycles. The van der Waals surface area contributed by atoms with E-state index >= 15 is 0 Å². The van der Waals surface area contributed by atoms with Crippen LogP contribution < -0.4 is 9.47 Å². The van der Waals surface area contributed by atoms with Crippen molar-refractivity contribution in [3.05, 3.63) is 22.7 Å². The van der Waals surface area contributed by atoms with Crippen LogP contribution in [0, 0.1) is 11.8 Å². The molecule has 1 fully saturated rings. The fourth-order valence-electron chi connectivity index (χ4n) is 3.82. The van der Waals surface area contributed by atoms with Gasteiger partial charge >= 0.3 is 5.97 Å². The lowest BCUT2D eigenvalue weighted by Crippen LogP contribution is -2.37. The number of hydrogen-bond donors (Lipinski definition) is 1. The number of carbonyl (C=O) groups is 1. The number of carboxylic acids is 1. The highest BCUT2D eigenvalue weighted by Gasteiger charge is 2.31. The van der Waals surface area contributed by atoms with Crippen molar-refractivity contribution in [1.82, 2.24) is 4.90 Å². The van der Waals surface area contributed by atoms with Gasteiger partial charge in [0.2, 0.25) is 6.79 Å². The standard InChI is InChI=1S/C19H26ClNO4.2ClH/c1-2-3-4-15(19(22)23)13-5-7-21(8-6-13)11-14-9-17-18(10-16(14)20)25-12-24-17;;/h9-10,13,15H,2-8,11-12H2,1H3,(H,22,23);2*1H. The number of likely N-dealkylation sites (tertiary alicyclic amines) is 1. The molecule has 1 atom stereocenters. The van der Waals surface area contributed by atoms with Gasteiger partial charge in [-0.25, -0.2) is 0 Å². The van der Waals surface area contributed by atoms with Crippen LogP contribution in [0.5, 0.6) is 11.5 Å². The van der Waals surface area contributed by atoms with Gasteiger partial charge in [-0.3, -0.25) is 9.69 Å². The Hall–Kier alpha value is -0.880. The Labute approximate surface area is 178 Å². The smallest absolute Gasteiger partial charge is 0.306 e. The second-order valence-corrected chi connectivity index (χ2v) is 7.40. The molecule has 1 N–H and O–H groups in total. The number of halogens is 3. The molecule has 0 bridgehead atoms. The van der Waals surface area contributed by atoms with Gasteiger partial charge in [0.05, 0.1) is 5.92 Å². The van der Waals surface area contributed by atoms with E-state index in [4.69, 9.17) is 21.1 Å². The number of piperidine rings is 1. The first-order valence-corrected chi connectivity index (χ1v) is 9.49. The summed E-state index contributed by atoms with van der Waals surface area (Å²) < 4.78 is 10.8. The molecule has 0 amide bonds. The minimum Gasteiger partial charge on any atom is -0.481 e. The molecule has 3 rings (SSSR count). The molecule has 0 aliphatic carbocycles. The molecule has 1 unspecified atom stereocenters. The molecule has 5 nitrogen and oxygen atoms in total. The lowest BCUT2D eigenvalue weighted by molar-refractivity contribution is -0.144. The Balaban J connectivity index is 0.00000182. The Kier molecular flexibility index (Phi) is 10.0. The molecule has 2 heterocycles. The van der Waals surface area contributed by atoms with Crippen LogP contribution >= 0.6 is 36.4 Å². The maximum atomic E-state index is 11.6. The zero-order valence-corrected chi connectivity index (χ0v) is 17.9. The van der Waals surface area contributed by atoms with E-state index in [1.54, 1.807) is 0 Å². The van der Waals surface area contributed by atoms with E-state index < -0.39 is 5.97 Å². The Morgan fingerprint density at radius 3 is 2.48 bits per heavy atom. The van der Waals surface area contributed by atoms with Crippen molar-refractivity contribution in [3.8, 4) is 11.5 Å². The lowest BCUT2D eigenvalue weighted by atomic mass is 9.81. The molecule has 27 heavy (non-hydrogen) atoms. The van der Waals surface area contributed by atoms with E-state index in [0.29, 0.717) is 10.8 Å². The number of fused-ring (bicyclic) bond motifs is 1. The number of nitrogens with zero attached hydrogens (tertiary/aromatic N) is 1. The summed E-state index contributed by atoms with van der Waals surface area (Å²) in [5, 5.41) is 10.2. The number of rotatable bonds is 7. The van der Waals surface area contributed by atoms with Crippen molar-refractivity contribution in [2.45, 2.75) is 45.6 Å². The maximum Gasteiger partial charge on any atom is 0.306 e. The minimum absolute atomic E-state index is 0. The summed E-state index contributed by atoms with van der Waals surface area (Å²) in [6.07, 6.45) is 4.70. The number of unbranched alkanes of at least 4 members (excludes halogenated alkanes) is 1. The van der Waals surface area contributed by atoms with Crippen molar-refractivity contribution in [2.75, 3.05) is 19.9 Å². The SMILES string of the molecule is CCCCC(C(=O)O)C1CCN(Cc2cc3c(cc2Cl)OCO3)CC1.Cl.Cl. The van der Waals surface area contributed by atoms with Gasteiger partial charge in [-0.15, -0.1) is 24.8 Å². The number of benzene rings is 1. The quantitative estimate of drug-likeness (QED) is 0.645. The lowest BCUT2D eigenvalue weighted by Gasteiger charge is -2.34. The fourth-order valence-corrected chi connectivity index (χ4v) is 4.03. The summed E-state index contributed by atoms with van der Waals surface area (Å²) in [6.45, 7) is 4.93. The highest BCUT2D eigenvalue weighted by molar-refractivity contribution is 6.31. The van der Waals surface area contributed by atoms with E-state index in [1.807, 2.05) is 12.1 Å². The second kappa shape index (κ2) is 11.2. The summed E-state index contributed by atoms with van der Waals surface area (Å²) in [4.78, 5) is 13.9. The van der Waals surface area contributed by atoms with Gasteiger partial charge < -0.3 is 14.6 Å². The molecule has 0 saturated carbocycles. The largest absolute Gasteiger partial charge is 0.481 e. The number of carboxylic acid groups (broad SMARTS) is 1. The predicted octanol–water partition coefficient (Wildman–Crippen LogP) is 5.02. The predicted molar refractivity (Wildman–Crippen MR) is 111 cm³/mol. The van der Waals surface area contributed by atoms with Gasteiger partial charge in [-0.2, -0.15) is 0 Å². The first kappa shape index (κ1) is 24.2. The topological polar surface area (TPSA) is 59.0 Å². The van der Waals surface area contributed by atoms with Crippen molar-refractivity contribution in [1.29, 1.82) is 0 Å². The average Bonchev–Trinajstić information content (AvgIpc) is 3.03. The van der Waals surface area contributed by atoms with E-state index in [1.165, 1.54) is 0 Å². The molecular weight excluding hydrogens is 413 g/mol. The Morgan fingerprint density at radius 1 is 1.26 bits per heavy atom. The van der Waals surface area contributed by atoms with Crippen LogP contribution in [0.25, 0.3) is 0 Å². The summed E-state index contributed by atoms with van der Waals surface area (Å²) in [5.74, 6) is 0.905.